The van der Waals surface area contributed by atoms with Crippen LogP contribution >= 0.6 is 27.5 Å². The third-order valence-electron chi connectivity index (χ3n) is 2.78. The molecule has 2 aromatic carbocycles. The predicted octanol–water partition coefficient (Wildman–Crippen LogP) is 4.21. The Bertz CT molecular complexity index is 613. The van der Waals surface area contributed by atoms with Gasteiger partial charge in [0.25, 0.3) is 5.91 Å². The Morgan fingerprint density at radius 3 is 2.70 bits per heavy atom. The van der Waals surface area contributed by atoms with E-state index in [4.69, 9.17) is 11.6 Å². The highest BCUT2D eigenvalue weighted by Gasteiger charge is 2.14. The van der Waals surface area contributed by atoms with E-state index in [1.807, 2.05) is 18.2 Å². The number of hydrogen-bond acceptors (Lipinski definition) is 1. The lowest BCUT2D eigenvalue weighted by Gasteiger charge is -2.08. The molecule has 104 valence electrons. The molecule has 0 bridgehead atoms. The van der Waals surface area contributed by atoms with Gasteiger partial charge in [-0.1, -0.05) is 29.8 Å². The van der Waals surface area contributed by atoms with Crippen molar-refractivity contribution in [3.05, 3.63) is 68.9 Å². The van der Waals surface area contributed by atoms with Gasteiger partial charge < -0.3 is 5.32 Å². The molecule has 0 spiro atoms. The first-order chi connectivity index (χ1) is 9.58. The SMILES string of the molecule is O=C(NCCc1cccc(Cl)c1)c1c(F)cccc1Br. The summed E-state index contributed by atoms with van der Waals surface area (Å²) in [5.74, 6) is -0.975. The minimum atomic E-state index is -0.542. The van der Waals surface area contributed by atoms with Gasteiger partial charge in [0.1, 0.15) is 5.82 Å². The highest BCUT2D eigenvalue weighted by molar-refractivity contribution is 9.10. The summed E-state index contributed by atoms with van der Waals surface area (Å²) in [5.41, 5.74) is 1.05. The topological polar surface area (TPSA) is 29.1 Å². The third-order valence-corrected chi connectivity index (χ3v) is 3.67. The molecule has 5 heteroatoms. The number of amides is 1. The summed E-state index contributed by atoms with van der Waals surface area (Å²) in [6.07, 6.45) is 0.637. The van der Waals surface area contributed by atoms with Crippen LogP contribution in [0.2, 0.25) is 5.02 Å². The van der Waals surface area contributed by atoms with Crippen molar-refractivity contribution in [2.24, 2.45) is 0 Å². The fourth-order valence-corrected chi connectivity index (χ4v) is 2.55. The predicted molar refractivity (Wildman–Crippen MR) is 81.6 cm³/mol. The van der Waals surface area contributed by atoms with Crippen molar-refractivity contribution in [1.82, 2.24) is 5.32 Å². The van der Waals surface area contributed by atoms with E-state index in [9.17, 15) is 9.18 Å². The zero-order chi connectivity index (χ0) is 14.5. The number of benzene rings is 2. The van der Waals surface area contributed by atoms with Gasteiger partial charge in [-0.05, 0) is 52.2 Å². The number of carbonyl (C=O) groups excluding carboxylic acids is 1. The molecule has 0 heterocycles. The summed E-state index contributed by atoms with van der Waals surface area (Å²) in [5, 5.41) is 3.35. The molecule has 0 atom stereocenters. The molecule has 1 N–H and O–H groups in total. The van der Waals surface area contributed by atoms with Gasteiger partial charge in [0.2, 0.25) is 0 Å². The molecule has 0 fully saturated rings. The summed E-state index contributed by atoms with van der Waals surface area (Å²) < 4.78 is 14.0. The molecule has 0 aliphatic heterocycles. The average molecular weight is 357 g/mol. The fraction of sp³-hybridized carbons (Fsp3) is 0.133. The average Bonchev–Trinajstić information content (AvgIpc) is 2.38. The van der Waals surface area contributed by atoms with Crippen LogP contribution in [-0.4, -0.2) is 12.5 Å². The summed E-state index contributed by atoms with van der Waals surface area (Å²) in [7, 11) is 0. The van der Waals surface area contributed by atoms with Crippen molar-refractivity contribution in [2.45, 2.75) is 6.42 Å². The van der Waals surface area contributed by atoms with Crippen LogP contribution in [0.3, 0.4) is 0 Å². The molecule has 0 unspecified atom stereocenters. The van der Waals surface area contributed by atoms with E-state index in [2.05, 4.69) is 21.2 Å². The highest BCUT2D eigenvalue weighted by atomic mass is 79.9. The van der Waals surface area contributed by atoms with Crippen molar-refractivity contribution >= 4 is 33.4 Å². The minimum absolute atomic E-state index is 0.0265. The van der Waals surface area contributed by atoms with Crippen LogP contribution in [0.1, 0.15) is 15.9 Å². The van der Waals surface area contributed by atoms with Gasteiger partial charge in [0.05, 0.1) is 5.56 Å². The molecular formula is C15H12BrClFNO. The first-order valence-electron chi connectivity index (χ1n) is 6.04. The Hall–Kier alpha value is -1.39. The highest BCUT2D eigenvalue weighted by Crippen LogP contribution is 2.19. The normalized spacial score (nSPS) is 10.3. The maximum absolute atomic E-state index is 13.6. The van der Waals surface area contributed by atoms with E-state index >= 15 is 0 Å². The van der Waals surface area contributed by atoms with E-state index in [0.29, 0.717) is 22.5 Å². The molecule has 0 aromatic heterocycles. The Balaban J connectivity index is 1.96. The van der Waals surface area contributed by atoms with E-state index in [1.165, 1.54) is 6.07 Å². The quantitative estimate of drug-likeness (QED) is 0.873. The van der Waals surface area contributed by atoms with Crippen molar-refractivity contribution in [3.63, 3.8) is 0 Å². The molecule has 2 aromatic rings. The standard InChI is InChI=1S/C15H12BrClFNO/c16-12-5-2-6-13(18)14(12)15(20)19-8-7-10-3-1-4-11(17)9-10/h1-6,9H,7-8H2,(H,19,20). The maximum Gasteiger partial charge on any atom is 0.255 e. The van der Waals surface area contributed by atoms with Crippen LogP contribution in [0.5, 0.6) is 0 Å². The molecule has 0 saturated carbocycles. The molecule has 0 saturated heterocycles. The Labute approximate surface area is 130 Å². The second kappa shape index (κ2) is 6.86. The molecule has 2 nitrogen and oxygen atoms in total. The van der Waals surface area contributed by atoms with Gasteiger partial charge in [-0.15, -0.1) is 0 Å². The molecule has 1 amide bonds. The number of hydrogen-bond donors (Lipinski definition) is 1. The van der Waals surface area contributed by atoms with Crippen LogP contribution in [0.25, 0.3) is 0 Å². The second-order valence-electron chi connectivity index (χ2n) is 4.23. The zero-order valence-corrected chi connectivity index (χ0v) is 12.8. The van der Waals surface area contributed by atoms with Crippen molar-refractivity contribution in [2.75, 3.05) is 6.54 Å². The molecule has 20 heavy (non-hydrogen) atoms. The number of halogens is 3. The van der Waals surface area contributed by atoms with Crippen LogP contribution < -0.4 is 5.32 Å². The van der Waals surface area contributed by atoms with Gasteiger partial charge in [0.15, 0.2) is 0 Å². The second-order valence-corrected chi connectivity index (χ2v) is 5.52. The van der Waals surface area contributed by atoms with Crippen LogP contribution in [0, 0.1) is 5.82 Å². The molecular weight excluding hydrogens is 345 g/mol. The number of rotatable bonds is 4. The molecule has 2 rings (SSSR count). The van der Waals surface area contributed by atoms with Gasteiger partial charge in [-0.25, -0.2) is 4.39 Å². The van der Waals surface area contributed by atoms with Gasteiger partial charge >= 0.3 is 0 Å². The third kappa shape index (κ3) is 3.81. The molecule has 0 radical (unpaired) electrons. The first kappa shape index (κ1) is 15.0. The summed E-state index contributed by atoms with van der Waals surface area (Å²) in [6, 6.07) is 11.9. The van der Waals surface area contributed by atoms with Crippen molar-refractivity contribution in [3.8, 4) is 0 Å². The van der Waals surface area contributed by atoms with Crippen LogP contribution in [0.4, 0.5) is 4.39 Å². The first-order valence-corrected chi connectivity index (χ1v) is 7.21. The number of carbonyl (C=O) groups is 1. The Morgan fingerprint density at radius 1 is 1.25 bits per heavy atom. The van der Waals surface area contributed by atoms with Gasteiger partial charge in [-0.3, -0.25) is 4.79 Å². The van der Waals surface area contributed by atoms with E-state index in [0.717, 1.165) is 5.56 Å². The van der Waals surface area contributed by atoms with Gasteiger partial charge in [-0.2, -0.15) is 0 Å². The molecule has 0 aliphatic rings. The Kier molecular flexibility index (Phi) is 5.15. The zero-order valence-electron chi connectivity index (χ0n) is 10.5. The maximum atomic E-state index is 13.6. The fourth-order valence-electron chi connectivity index (χ4n) is 1.82. The molecule has 0 aliphatic carbocycles. The minimum Gasteiger partial charge on any atom is -0.352 e. The number of nitrogens with one attached hydrogen (secondary N) is 1. The van der Waals surface area contributed by atoms with Crippen LogP contribution in [-0.2, 0) is 6.42 Å². The van der Waals surface area contributed by atoms with E-state index < -0.39 is 11.7 Å². The lowest BCUT2D eigenvalue weighted by atomic mass is 10.1. The largest absolute Gasteiger partial charge is 0.352 e. The smallest absolute Gasteiger partial charge is 0.255 e. The summed E-state index contributed by atoms with van der Waals surface area (Å²) in [4.78, 5) is 11.9. The van der Waals surface area contributed by atoms with Crippen molar-refractivity contribution in [1.29, 1.82) is 0 Å². The monoisotopic (exact) mass is 355 g/mol. The lowest BCUT2D eigenvalue weighted by molar-refractivity contribution is 0.0949. The lowest BCUT2D eigenvalue weighted by Crippen LogP contribution is -2.27. The van der Waals surface area contributed by atoms with E-state index in [1.54, 1.807) is 18.2 Å². The summed E-state index contributed by atoms with van der Waals surface area (Å²) >= 11 is 9.06. The summed E-state index contributed by atoms with van der Waals surface area (Å²) in [6.45, 7) is 0.417. The van der Waals surface area contributed by atoms with Crippen LogP contribution in [0.15, 0.2) is 46.9 Å². The van der Waals surface area contributed by atoms with Gasteiger partial charge in [0, 0.05) is 16.0 Å². The van der Waals surface area contributed by atoms with E-state index in [-0.39, 0.29) is 5.56 Å². The Morgan fingerprint density at radius 2 is 2.00 bits per heavy atom. The van der Waals surface area contributed by atoms with Crippen molar-refractivity contribution < 1.29 is 9.18 Å².